The van der Waals surface area contributed by atoms with E-state index in [1.807, 2.05) is 6.07 Å². The Labute approximate surface area is 176 Å². The minimum absolute atomic E-state index is 0.0908. The second-order valence-electron chi connectivity index (χ2n) is 7.34. The fourth-order valence-electron chi connectivity index (χ4n) is 3.86. The van der Waals surface area contributed by atoms with Crippen LogP contribution in [0.5, 0.6) is 0 Å². The van der Waals surface area contributed by atoms with Crippen molar-refractivity contribution < 1.29 is 19.1 Å². The number of hydrogen-bond acceptors (Lipinski definition) is 7. The molecule has 0 bridgehead atoms. The molecule has 1 saturated heterocycles. The Hall–Kier alpha value is -4.01. The lowest BCUT2D eigenvalue weighted by atomic mass is 9.87. The largest absolute Gasteiger partial charge is 0.459 e. The zero-order valence-electron chi connectivity index (χ0n) is 16.8. The summed E-state index contributed by atoms with van der Waals surface area (Å²) in [7, 11) is 0. The van der Waals surface area contributed by atoms with Crippen molar-refractivity contribution in [1.82, 2.24) is 14.9 Å². The van der Waals surface area contributed by atoms with Gasteiger partial charge in [-0.25, -0.2) is 9.78 Å². The fourth-order valence-corrected chi connectivity index (χ4v) is 3.86. The molecule has 0 radical (unpaired) electrons. The number of imide groups is 1. The van der Waals surface area contributed by atoms with Crippen molar-refractivity contribution in [3.05, 3.63) is 70.3 Å². The Balaban J connectivity index is 1.87. The van der Waals surface area contributed by atoms with Gasteiger partial charge in [-0.15, -0.1) is 0 Å². The van der Waals surface area contributed by atoms with Crippen molar-refractivity contribution in [3.8, 4) is 0 Å². The molecule has 3 aromatic rings. The maximum atomic E-state index is 13.5. The summed E-state index contributed by atoms with van der Waals surface area (Å²) in [6.07, 6.45) is -0.369. The van der Waals surface area contributed by atoms with Crippen LogP contribution in [0.3, 0.4) is 0 Å². The first kappa shape index (κ1) is 20.3. The second-order valence-corrected chi connectivity index (χ2v) is 7.34. The van der Waals surface area contributed by atoms with Crippen LogP contribution in [0.4, 0.5) is 5.69 Å². The summed E-state index contributed by atoms with van der Waals surface area (Å²) in [6.45, 7) is 1.42. The van der Waals surface area contributed by atoms with Gasteiger partial charge in [0.15, 0.2) is 0 Å². The highest BCUT2D eigenvalue weighted by Gasteiger charge is 2.54. The standard InChI is InChI=1S/C22H20N4O5/c1-13-24-16-9-5-8-15(23)18(16)19(28)26(13)22(11-10-17(27)25-20(22)29)21(30)31-12-14-6-3-2-4-7-14/h2-9H,10-12,23H2,1H3,(H,25,27,29). The maximum absolute atomic E-state index is 13.5. The first-order chi connectivity index (χ1) is 14.8. The van der Waals surface area contributed by atoms with E-state index >= 15 is 0 Å². The van der Waals surface area contributed by atoms with Crippen molar-refractivity contribution >= 4 is 34.4 Å². The third-order valence-corrected chi connectivity index (χ3v) is 5.37. The van der Waals surface area contributed by atoms with Crippen molar-refractivity contribution in [1.29, 1.82) is 0 Å². The highest BCUT2D eigenvalue weighted by Crippen LogP contribution is 2.30. The van der Waals surface area contributed by atoms with Crippen molar-refractivity contribution in [2.24, 2.45) is 0 Å². The van der Waals surface area contributed by atoms with Crippen LogP contribution >= 0.6 is 0 Å². The van der Waals surface area contributed by atoms with Crippen molar-refractivity contribution in [3.63, 3.8) is 0 Å². The number of piperidine rings is 1. The lowest BCUT2D eigenvalue weighted by molar-refractivity contribution is -0.164. The average Bonchev–Trinajstić information content (AvgIpc) is 2.74. The summed E-state index contributed by atoms with van der Waals surface area (Å²) >= 11 is 0. The van der Waals surface area contributed by atoms with E-state index in [9.17, 15) is 19.2 Å². The number of carbonyl (C=O) groups excluding carboxylic acids is 3. The summed E-state index contributed by atoms with van der Waals surface area (Å²) in [6, 6.07) is 13.7. The number of ether oxygens (including phenoxy) is 1. The molecule has 4 rings (SSSR count). The number of nitrogens with two attached hydrogens (primary N) is 1. The number of nitrogens with zero attached hydrogens (tertiary/aromatic N) is 2. The number of anilines is 1. The normalized spacial score (nSPS) is 18.6. The number of rotatable bonds is 4. The predicted molar refractivity (Wildman–Crippen MR) is 112 cm³/mol. The van der Waals surface area contributed by atoms with E-state index in [-0.39, 0.29) is 36.3 Å². The van der Waals surface area contributed by atoms with Gasteiger partial charge in [-0.05, 0) is 31.0 Å². The Kier molecular flexibility index (Phi) is 5.02. The molecule has 1 aliphatic rings. The highest BCUT2D eigenvalue weighted by atomic mass is 16.5. The Bertz CT molecular complexity index is 1270. The second kappa shape index (κ2) is 7.67. The van der Waals surface area contributed by atoms with E-state index < -0.39 is 28.9 Å². The number of aromatic nitrogens is 2. The van der Waals surface area contributed by atoms with Gasteiger partial charge in [0, 0.05) is 12.1 Å². The van der Waals surface area contributed by atoms with Crippen molar-refractivity contribution in [2.45, 2.75) is 31.9 Å². The van der Waals surface area contributed by atoms with Gasteiger partial charge in [0.1, 0.15) is 12.4 Å². The van der Waals surface area contributed by atoms with E-state index in [4.69, 9.17) is 10.5 Å². The third kappa shape index (κ3) is 3.33. The molecule has 9 nitrogen and oxygen atoms in total. The molecule has 9 heteroatoms. The van der Waals surface area contributed by atoms with Gasteiger partial charge in [-0.3, -0.25) is 24.3 Å². The molecule has 0 saturated carbocycles. The number of nitrogens with one attached hydrogen (secondary N) is 1. The molecule has 0 aliphatic carbocycles. The number of fused-ring (bicyclic) bond motifs is 1. The number of carbonyl (C=O) groups is 3. The first-order valence-electron chi connectivity index (χ1n) is 9.68. The minimum Gasteiger partial charge on any atom is -0.459 e. The molecule has 1 atom stereocenters. The smallest absolute Gasteiger partial charge is 0.342 e. The number of esters is 1. The van der Waals surface area contributed by atoms with Crippen LogP contribution in [0.1, 0.15) is 24.2 Å². The van der Waals surface area contributed by atoms with Crippen LogP contribution in [-0.2, 0) is 31.3 Å². The zero-order chi connectivity index (χ0) is 22.2. The van der Waals surface area contributed by atoms with Crippen LogP contribution in [0, 0.1) is 6.92 Å². The van der Waals surface area contributed by atoms with Crippen LogP contribution in [0.25, 0.3) is 10.9 Å². The fraction of sp³-hybridized carbons (Fsp3) is 0.227. The van der Waals surface area contributed by atoms with Crippen LogP contribution < -0.4 is 16.6 Å². The Morgan fingerprint density at radius 3 is 2.61 bits per heavy atom. The van der Waals surface area contributed by atoms with E-state index in [0.29, 0.717) is 11.1 Å². The first-order valence-corrected chi connectivity index (χ1v) is 9.68. The summed E-state index contributed by atoms with van der Waals surface area (Å²) in [5.41, 5.74) is 4.49. The van der Waals surface area contributed by atoms with Crippen LogP contribution in [-0.4, -0.2) is 27.3 Å². The van der Waals surface area contributed by atoms with Gasteiger partial charge in [0.05, 0.1) is 10.9 Å². The lowest BCUT2D eigenvalue weighted by Gasteiger charge is -2.35. The molecule has 0 spiro atoms. The summed E-state index contributed by atoms with van der Waals surface area (Å²) in [5, 5.41) is 2.26. The molecular formula is C22H20N4O5. The molecule has 1 unspecified atom stereocenters. The molecule has 2 amide bonds. The van der Waals surface area contributed by atoms with Crippen molar-refractivity contribution in [2.75, 3.05) is 5.73 Å². The molecule has 3 N–H and O–H groups in total. The zero-order valence-corrected chi connectivity index (χ0v) is 16.8. The maximum Gasteiger partial charge on any atom is 0.342 e. The summed E-state index contributed by atoms with van der Waals surface area (Å²) in [5.74, 6) is -2.27. The van der Waals surface area contributed by atoms with Gasteiger partial charge in [0.25, 0.3) is 11.5 Å². The molecule has 2 heterocycles. The Morgan fingerprint density at radius 1 is 1.16 bits per heavy atom. The monoisotopic (exact) mass is 420 g/mol. The van der Waals surface area contributed by atoms with Crippen LogP contribution in [0.15, 0.2) is 53.3 Å². The van der Waals surface area contributed by atoms with Gasteiger partial charge < -0.3 is 10.5 Å². The molecule has 31 heavy (non-hydrogen) atoms. The number of nitrogen functional groups attached to an aromatic ring is 1. The van der Waals surface area contributed by atoms with E-state index in [1.165, 1.54) is 13.0 Å². The lowest BCUT2D eigenvalue weighted by Crippen LogP contribution is -2.62. The number of amides is 2. The summed E-state index contributed by atoms with van der Waals surface area (Å²) in [4.78, 5) is 56.0. The predicted octanol–water partition coefficient (Wildman–Crippen LogP) is 1.16. The number of aryl methyl sites for hydroxylation is 1. The van der Waals surface area contributed by atoms with Crippen LogP contribution in [0.2, 0.25) is 0 Å². The van der Waals surface area contributed by atoms with Gasteiger partial charge in [0.2, 0.25) is 11.4 Å². The minimum atomic E-state index is -2.08. The van der Waals surface area contributed by atoms with E-state index in [1.54, 1.807) is 36.4 Å². The van der Waals surface area contributed by atoms with E-state index in [2.05, 4.69) is 10.3 Å². The molecule has 158 valence electrons. The average molecular weight is 420 g/mol. The molecule has 1 aliphatic heterocycles. The highest BCUT2D eigenvalue weighted by molar-refractivity contribution is 6.13. The number of hydrogen-bond donors (Lipinski definition) is 2. The van der Waals surface area contributed by atoms with Gasteiger partial charge >= 0.3 is 5.97 Å². The molecule has 1 fully saturated rings. The molecule has 1 aromatic heterocycles. The number of benzene rings is 2. The topological polar surface area (TPSA) is 133 Å². The Morgan fingerprint density at radius 2 is 1.90 bits per heavy atom. The van der Waals surface area contributed by atoms with Gasteiger partial charge in [-0.1, -0.05) is 36.4 Å². The molecular weight excluding hydrogens is 400 g/mol. The molecule has 2 aromatic carbocycles. The third-order valence-electron chi connectivity index (χ3n) is 5.37. The van der Waals surface area contributed by atoms with E-state index in [0.717, 1.165) is 4.57 Å². The van der Waals surface area contributed by atoms with Gasteiger partial charge in [-0.2, -0.15) is 0 Å². The summed E-state index contributed by atoms with van der Waals surface area (Å²) < 4.78 is 6.45. The SMILES string of the molecule is Cc1nc2cccc(N)c2c(=O)n1C1(C(=O)OCc2ccccc2)CCC(=O)NC1=O. The quantitative estimate of drug-likeness (QED) is 0.280.